The standard InChI is InChI=1S/C5H12O2S2/c1-3-6-8-5-9-7-4-2/h3-5H2,1-2H3. The highest BCUT2D eigenvalue weighted by Gasteiger charge is 1.86. The molecule has 0 aromatic carbocycles. The molecule has 0 aliphatic rings. The van der Waals surface area contributed by atoms with Gasteiger partial charge >= 0.3 is 0 Å². The van der Waals surface area contributed by atoms with Gasteiger partial charge in [-0.25, -0.2) is 0 Å². The predicted molar refractivity (Wildman–Crippen MR) is 43.3 cm³/mol. The Morgan fingerprint density at radius 3 is 1.78 bits per heavy atom. The first-order valence-electron chi connectivity index (χ1n) is 2.90. The first-order chi connectivity index (χ1) is 4.41. The average molecular weight is 168 g/mol. The van der Waals surface area contributed by atoms with Crippen molar-refractivity contribution < 1.29 is 8.37 Å². The fraction of sp³-hybridized carbons (Fsp3) is 1.00. The van der Waals surface area contributed by atoms with E-state index in [9.17, 15) is 0 Å². The molecule has 0 N–H and O–H groups in total. The van der Waals surface area contributed by atoms with Gasteiger partial charge in [0.05, 0.1) is 18.3 Å². The Balaban J connectivity index is 2.60. The minimum atomic E-state index is 0.761. The van der Waals surface area contributed by atoms with Crippen molar-refractivity contribution in [1.82, 2.24) is 0 Å². The van der Waals surface area contributed by atoms with E-state index in [2.05, 4.69) is 0 Å². The van der Waals surface area contributed by atoms with Crippen LogP contribution >= 0.6 is 24.1 Å². The van der Waals surface area contributed by atoms with Gasteiger partial charge in [-0.15, -0.1) is 0 Å². The van der Waals surface area contributed by atoms with Gasteiger partial charge in [0.15, 0.2) is 0 Å². The van der Waals surface area contributed by atoms with Gasteiger partial charge in [-0.3, -0.25) is 0 Å². The highest BCUT2D eigenvalue weighted by molar-refractivity contribution is 8.11. The maximum Gasteiger partial charge on any atom is 0.0919 e. The second kappa shape index (κ2) is 8.62. The molecule has 0 aromatic heterocycles. The van der Waals surface area contributed by atoms with Gasteiger partial charge in [0.1, 0.15) is 0 Å². The zero-order valence-corrected chi connectivity index (χ0v) is 7.39. The van der Waals surface area contributed by atoms with Crippen LogP contribution in [0.2, 0.25) is 0 Å². The van der Waals surface area contributed by atoms with E-state index in [-0.39, 0.29) is 0 Å². The molecule has 0 rings (SSSR count). The monoisotopic (exact) mass is 168 g/mol. The molecule has 0 fully saturated rings. The van der Waals surface area contributed by atoms with Crippen LogP contribution in [0.5, 0.6) is 0 Å². The summed E-state index contributed by atoms with van der Waals surface area (Å²) in [4.78, 5) is 0. The number of hydrogen-bond donors (Lipinski definition) is 0. The molecule has 0 unspecified atom stereocenters. The van der Waals surface area contributed by atoms with E-state index >= 15 is 0 Å². The molecule has 0 bridgehead atoms. The molecule has 0 amide bonds. The molecule has 2 nitrogen and oxygen atoms in total. The minimum Gasteiger partial charge on any atom is -0.315 e. The molecule has 0 atom stereocenters. The third kappa shape index (κ3) is 8.62. The largest absolute Gasteiger partial charge is 0.315 e. The molecule has 4 heteroatoms. The van der Waals surface area contributed by atoms with Crippen molar-refractivity contribution in [3.63, 3.8) is 0 Å². The van der Waals surface area contributed by atoms with E-state index in [4.69, 9.17) is 8.37 Å². The third-order valence-corrected chi connectivity index (χ3v) is 2.07. The molecule has 0 aromatic rings. The van der Waals surface area contributed by atoms with Crippen LogP contribution in [0.3, 0.4) is 0 Å². The van der Waals surface area contributed by atoms with Gasteiger partial charge in [-0.1, -0.05) is 0 Å². The Kier molecular flexibility index (Phi) is 9.21. The molecule has 9 heavy (non-hydrogen) atoms. The van der Waals surface area contributed by atoms with E-state index in [0.29, 0.717) is 0 Å². The summed E-state index contributed by atoms with van der Waals surface area (Å²) in [6.07, 6.45) is 0. The highest BCUT2D eigenvalue weighted by Crippen LogP contribution is 2.12. The highest BCUT2D eigenvalue weighted by atomic mass is 32.2. The summed E-state index contributed by atoms with van der Waals surface area (Å²) in [5.74, 6) is 0. The zero-order valence-electron chi connectivity index (χ0n) is 5.75. The lowest BCUT2D eigenvalue weighted by Crippen LogP contribution is -1.81. The Morgan fingerprint density at radius 1 is 1.00 bits per heavy atom. The third-order valence-electron chi connectivity index (χ3n) is 0.499. The first-order valence-corrected chi connectivity index (χ1v) is 4.72. The molecule has 0 saturated heterocycles. The molecule has 0 aliphatic heterocycles. The molecule has 0 heterocycles. The molecule has 0 spiro atoms. The normalized spacial score (nSPS) is 10.0. The van der Waals surface area contributed by atoms with E-state index in [1.807, 2.05) is 13.8 Å². The van der Waals surface area contributed by atoms with Crippen molar-refractivity contribution in [2.75, 3.05) is 18.3 Å². The van der Waals surface area contributed by atoms with Gasteiger partial charge in [-0.2, -0.15) is 0 Å². The van der Waals surface area contributed by atoms with Crippen molar-refractivity contribution in [2.45, 2.75) is 13.8 Å². The fourth-order valence-electron chi connectivity index (χ4n) is 0.254. The summed E-state index contributed by atoms with van der Waals surface area (Å²) in [6.45, 7) is 5.46. The lowest BCUT2D eigenvalue weighted by Gasteiger charge is -1.97. The molecule has 0 aliphatic carbocycles. The Labute approximate surface area is 65.1 Å². The van der Waals surface area contributed by atoms with Crippen LogP contribution in [0.1, 0.15) is 13.8 Å². The molecule has 0 saturated carbocycles. The van der Waals surface area contributed by atoms with Crippen molar-refractivity contribution in [2.24, 2.45) is 0 Å². The lowest BCUT2D eigenvalue weighted by atomic mass is 10.9. The molecule has 56 valence electrons. The number of rotatable bonds is 6. The molecular formula is C5H12O2S2. The average Bonchev–Trinajstić information content (AvgIpc) is 1.89. The quantitative estimate of drug-likeness (QED) is 0.344. The van der Waals surface area contributed by atoms with Crippen LogP contribution in [-0.4, -0.2) is 18.3 Å². The lowest BCUT2D eigenvalue weighted by molar-refractivity contribution is 0.397. The van der Waals surface area contributed by atoms with E-state index in [0.717, 1.165) is 18.3 Å². The van der Waals surface area contributed by atoms with E-state index < -0.39 is 0 Å². The van der Waals surface area contributed by atoms with Crippen LogP contribution in [0.15, 0.2) is 0 Å². The molecular weight excluding hydrogens is 156 g/mol. The maximum absolute atomic E-state index is 5.00. The van der Waals surface area contributed by atoms with Gasteiger partial charge in [0.25, 0.3) is 0 Å². The summed E-state index contributed by atoms with van der Waals surface area (Å²) in [5, 5.41) is 0.849. The van der Waals surface area contributed by atoms with Crippen LogP contribution in [-0.2, 0) is 8.37 Å². The molecule has 0 radical (unpaired) electrons. The predicted octanol–water partition coefficient (Wildman–Crippen LogP) is 2.31. The minimum absolute atomic E-state index is 0.761. The summed E-state index contributed by atoms with van der Waals surface area (Å²) < 4.78 is 9.99. The van der Waals surface area contributed by atoms with Gasteiger partial charge in [0.2, 0.25) is 0 Å². The van der Waals surface area contributed by atoms with E-state index in [1.54, 1.807) is 0 Å². The second-order valence-electron chi connectivity index (χ2n) is 1.17. The van der Waals surface area contributed by atoms with Gasteiger partial charge < -0.3 is 8.37 Å². The summed E-state index contributed by atoms with van der Waals surface area (Å²) >= 11 is 2.86. The SMILES string of the molecule is CCOSCSOCC. The topological polar surface area (TPSA) is 18.5 Å². The van der Waals surface area contributed by atoms with Crippen LogP contribution in [0, 0.1) is 0 Å². The van der Waals surface area contributed by atoms with Crippen molar-refractivity contribution in [3.05, 3.63) is 0 Å². The van der Waals surface area contributed by atoms with Crippen LogP contribution in [0.4, 0.5) is 0 Å². The van der Waals surface area contributed by atoms with Crippen molar-refractivity contribution >= 4 is 24.1 Å². The second-order valence-corrected chi connectivity index (χ2v) is 3.05. The summed E-state index contributed by atoms with van der Waals surface area (Å²) in [5.41, 5.74) is 0. The Morgan fingerprint density at radius 2 is 1.44 bits per heavy atom. The first kappa shape index (κ1) is 9.62. The summed E-state index contributed by atoms with van der Waals surface area (Å²) in [7, 11) is 0. The van der Waals surface area contributed by atoms with Crippen molar-refractivity contribution in [3.8, 4) is 0 Å². The fourth-order valence-corrected chi connectivity index (χ4v) is 1.29. The van der Waals surface area contributed by atoms with Crippen LogP contribution < -0.4 is 0 Å². The smallest absolute Gasteiger partial charge is 0.0919 e. The Bertz CT molecular complexity index is 46.2. The zero-order chi connectivity index (χ0) is 6.95. The van der Waals surface area contributed by atoms with E-state index in [1.165, 1.54) is 24.1 Å². The summed E-state index contributed by atoms with van der Waals surface area (Å²) in [6, 6.07) is 0. The van der Waals surface area contributed by atoms with Crippen molar-refractivity contribution in [1.29, 1.82) is 0 Å². The van der Waals surface area contributed by atoms with Crippen LogP contribution in [0.25, 0.3) is 0 Å². The van der Waals surface area contributed by atoms with Gasteiger partial charge in [-0.05, 0) is 13.8 Å². The Hall–Kier alpha value is 0.620. The maximum atomic E-state index is 5.00. The number of hydrogen-bond acceptors (Lipinski definition) is 4. The van der Waals surface area contributed by atoms with Gasteiger partial charge in [0, 0.05) is 24.1 Å².